The molecule has 3 aliphatic carbocycles. The van der Waals surface area contributed by atoms with Gasteiger partial charge in [-0.05, 0) is 73.6 Å². The molecule has 4 aromatic carbocycles. The summed E-state index contributed by atoms with van der Waals surface area (Å²) in [5, 5.41) is 3.65. The van der Waals surface area contributed by atoms with Crippen molar-refractivity contribution in [3.8, 4) is 11.1 Å². The molecule has 0 bridgehead atoms. The zero-order chi connectivity index (χ0) is 22.0. The third-order valence-corrected chi connectivity index (χ3v) is 8.26. The molecule has 0 aliphatic heterocycles. The normalized spacial score (nSPS) is 20.3. The van der Waals surface area contributed by atoms with Crippen molar-refractivity contribution < 1.29 is 0 Å². The molecule has 1 spiro atoms. The van der Waals surface area contributed by atoms with Gasteiger partial charge in [0.15, 0.2) is 0 Å². The number of halogens is 1. The minimum Gasteiger partial charge on any atom is -0.355 e. The van der Waals surface area contributed by atoms with Crippen LogP contribution < -0.4 is 5.32 Å². The molecule has 0 saturated carbocycles. The summed E-state index contributed by atoms with van der Waals surface area (Å²) in [4.78, 5) is 0. The van der Waals surface area contributed by atoms with Crippen LogP contribution in [0.25, 0.3) is 11.1 Å². The van der Waals surface area contributed by atoms with E-state index in [1.807, 2.05) is 6.07 Å². The number of allylic oxidation sites excluding steroid dienone is 4. The molecule has 0 radical (unpaired) electrons. The molecule has 2 heteroatoms. The van der Waals surface area contributed by atoms with E-state index in [-0.39, 0.29) is 5.41 Å². The zero-order valence-electron chi connectivity index (χ0n) is 18.0. The van der Waals surface area contributed by atoms with Gasteiger partial charge in [0.25, 0.3) is 0 Å². The van der Waals surface area contributed by atoms with Gasteiger partial charge in [0, 0.05) is 22.0 Å². The summed E-state index contributed by atoms with van der Waals surface area (Å²) >= 11 is 3.88. The molecule has 3 aliphatic rings. The first kappa shape index (κ1) is 19.1. The summed E-state index contributed by atoms with van der Waals surface area (Å²) in [7, 11) is 0. The molecule has 0 amide bonds. The largest absolute Gasteiger partial charge is 0.355 e. The van der Waals surface area contributed by atoms with Crippen LogP contribution in [0.4, 0.5) is 11.4 Å². The molecule has 4 aromatic rings. The smallest absolute Gasteiger partial charge is 0.0538 e. The van der Waals surface area contributed by atoms with E-state index in [4.69, 9.17) is 0 Å². The Bertz CT molecular complexity index is 1420. The van der Waals surface area contributed by atoms with Gasteiger partial charge in [-0.3, -0.25) is 0 Å². The predicted octanol–water partition coefficient (Wildman–Crippen LogP) is 8.35. The van der Waals surface area contributed by atoms with Gasteiger partial charge in [0.1, 0.15) is 0 Å². The molecular formula is C31H22BrN. The van der Waals surface area contributed by atoms with Gasteiger partial charge in [-0.25, -0.2) is 0 Å². The van der Waals surface area contributed by atoms with E-state index in [9.17, 15) is 0 Å². The maximum Gasteiger partial charge on any atom is 0.0538 e. The van der Waals surface area contributed by atoms with E-state index in [0.717, 1.165) is 15.8 Å². The van der Waals surface area contributed by atoms with Gasteiger partial charge in [-0.2, -0.15) is 0 Å². The quantitative estimate of drug-likeness (QED) is 0.299. The number of hydrogen-bond acceptors (Lipinski definition) is 1. The summed E-state index contributed by atoms with van der Waals surface area (Å²) in [5.74, 6) is 0.701. The summed E-state index contributed by atoms with van der Waals surface area (Å²) in [6.45, 7) is 0. The highest BCUT2D eigenvalue weighted by Gasteiger charge is 2.57. The molecular weight excluding hydrogens is 466 g/mol. The van der Waals surface area contributed by atoms with Crippen LogP contribution in [0.3, 0.4) is 0 Å². The molecule has 0 fully saturated rings. The standard InChI is InChI=1S/C31H22BrN/c32-29-18-24-23-14-6-9-17-27(23)31(28(24)19-30(29)33-20-10-2-1-3-11-20)25-15-7-4-12-21(25)22-13-5-8-16-26(22)31/h1-19,23,27,33H. The first-order valence-corrected chi connectivity index (χ1v) is 12.3. The highest BCUT2D eigenvalue weighted by Crippen LogP contribution is 2.65. The van der Waals surface area contributed by atoms with Crippen molar-refractivity contribution in [3.63, 3.8) is 0 Å². The van der Waals surface area contributed by atoms with Crippen LogP contribution in [-0.2, 0) is 5.41 Å². The van der Waals surface area contributed by atoms with Crippen LogP contribution in [0, 0.1) is 5.92 Å². The van der Waals surface area contributed by atoms with Gasteiger partial charge in [0.2, 0.25) is 0 Å². The predicted molar refractivity (Wildman–Crippen MR) is 140 cm³/mol. The van der Waals surface area contributed by atoms with Crippen LogP contribution in [0.5, 0.6) is 0 Å². The average molecular weight is 488 g/mol. The van der Waals surface area contributed by atoms with Crippen molar-refractivity contribution in [3.05, 3.63) is 142 Å². The number of fused-ring (bicyclic) bond motifs is 10. The second-order valence-electron chi connectivity index (χ2n) is 9.13. The highest BCUT2D eigenvalue weighted by molar-refractivity contribution is 9.10. The Morgan fingerprint density at radius 1 is 0.667 bits per heavy atom. The first-order chi connectivity index (χ1) is 16.3. The lowest BCUT2D eigenvalue weighted by atomic mass is 9.65. The summed E-state index contributed by atoms with van der Waals surface area (Å²) < 4.78 is 1.10. The van der Waals surface area contributed by atoms with Gasteiger partial charge in [0.05, 0.1) is 11.1 Å². The molecule has 0 aromatic heterocycles. The van der Waals surface area contributed by atoms with Crippen LogP contribution in [0.15, 0.2) is 120 Å². The fourth-order valence-corrected chi connectivity index (χ4v) is 6.85. The van der Waals surface area contributed by atoms with Gasteiger partial charge in [-0.15, -0.1) is 0 Å². The van der Waals surface area contributed by atoms with E-state index in [1.165, 1.54) is 33.4 Å². The lowest BCUT2D eigenvalue weighted by Crippen LogP contribution is -2.32. The van der Waals surface area contributed by atoms with Crippen molar-refractivity contribution in [1.29, 1.82) is 0 Å². The number of nitrogens with one attached hydrogen (secondary N) is 1. The van der Waals surface area contributed by atoms with Crippen LogP contribution >= 0.6 is 15.9 Å². The van der Waals surface area contributed by atoms with E-state index in [2.05, 4.69) is 130 Å². The fourth-order valence-electron chi connectivity index (χ4n) is 6.39. The van der Waals surface area contributed by atoms with Crippen LogP contribution in [0.2, 0.25) is 0 Å². The minimum absolute atomic E-state index is 0.192. The Morgan fingerprint density at radius 2 is 1.30 bits per heavy atom. The van der Waals surface area contributed by atoms with Crippen molar-refractivity contribution in [1.82, 2.24) is 0 Å². The SMILES string of the molecule is Brc1cc2c(cc1Nc1ccccc1)C1(c3ccccc3-c3ccccc31)C1C=CC=CC21. The Labute approximate surface area is 202 Å². The Balaban J connectivity index is 1.54. The second kappa shape index (κ2) is 7.07. The first-order valence-electron chi connectivity index (χ1n) is 11.5. The highest BCUT2D eigenvalue weighted by atomic mass is 79.9. The molecule has 2 atom stereocenters. The Kier molecular flexibility index (Phi) is 4.10. The second-order valence-corrected chi connectivity index (χ2v) is 9.99. The molecule has 33 heavy (non-hydrogen) atoms. The number of para-hydroxylation sites is 1. The lowest BCUT2D eigenvalue weighted by molar-refractivity contribution is 0.465. The van der Waals surface area contributed by atoms with Crippen molar-refractivity contribution in [2.24, 2.45) is 5.92 Å². The van der Waals surface area contributed by atoms with Crippen LogP contribution in [0.1, 0.15) is 28.2 Å². The van der Waals surface area contributed by atoms with Gasteiger partial charge < -0.3 is 5.32 Å². The third kappa shape index (κ3) is 2.53. The summed E-state index contributed by atoms with van der Waals surface area (Å²) in [5.41, 5.74) is 10.4. The number of anilines is 2. The van der Waals surface area contributed by atoms with E-state index < -0.39 is 0 Å². The lowest BCUT2D eigenvalue weighted by Gasteiger charge is -2.36. The zero-order valence-corrected chi connectivity index (χ0v) is 19.6. The summed E-state index contributed by atoms with van der Waals surface area (Å²) in [6.07, 6.45) is 9.26. The van der Waals surface area contributed by atoms with Crippen LogP contribution in [-0.4, -0.2) is 0 Å². The molecule has 0 heterocycles. The van der Waals surface area contributed by atoms with Crippen molar-refractivity contribution >= 4 is 27.3 Å². The van der Waals surface area contributed by atoms with Crippen molar-refractivity contribution in [2.75, 3.05) is 5.32 Å². The molecule has 0 saturated heterocycles. The van der Waals surface area contributed by atoms with E-state index in [0.29, 0.717) is 11.8 Å². The summed E-state index contributed by atoms with van der Waals surface area (Å²) in [6, 6.07) is 33.2. The van der Waals surface area contributed by atoms with E-state index >= 15 is 0 Å². The van der Waals surface area contributed by atoms with Gasteiger partial charge in [-0.1, -0.05) is 91.0 Å². The number of rotatable bonds is 2. The maximum atomic E-state index is 3.88. The van der Waals surface area contributed by atoms with E-state index in [1.54, 1.807) is 0 Å². The third-order valence-electron chi connectivity index (χ3n) is 7.60. The van der Waals surface area contributed by atoms with Crippen molar-refractivity contribution in [2.45, 2.75) is 11.3 Å². The molecule has 7 rings (SSSR count). The Morgan fingerprint density at radius 3 is 2.03 bits per heavy atom. The minimum atomic E-state index is -0.192. The average Bonchev–Trinajstić information content (AvgIpc) is 3.32. The van der Waals surface area contributed by atoms with Gasteiger partial charge >= 0.3 is 0 Å². The molecule has 1 N–H and O–H groups in total. The molecule has 1 nitrogen and oxygen atoms in total. The molecule has 158 valence electrons. The monoisotopic (exact) mass is 487 g/mol. The maximum absolute atomic E-state index is 3.88. The fraction of sp³-hybridized carbons (Fsp3) is 0.0968. The number of benzene rings is 4. The topological polar surface area (TPSA) is 12.0 Å². The number of hydrogen-bond donors (Lipinski definition) is 1. The molecule has 2 unspecified atom stereocenters. The Hall–Kier alpha value is -3.36.